The summed E-state index contributed by atoms with van der Waals surface area (Å²) in [6, 6.07) is 13.1. The van der Waals surface area contributed by atoms with E-state index < -0.39 is 4.92 Å². The number of hydrogen-bond acceptors (Lipinski definition) is 5. The average Bonchev–Trinajstić information content (AvgIpc) is 2.64. The third-order valence-electron chi connectivity index (χ3n) is 4.71. The minimum absolute atomic E-state index is 0.0992. The van der Waals surface area contributed by atoms with E-state index in [4.69, 9.17) is 0 Å². The summed E-state index contributed by atoms with van der Waals surface area (Å²) in [5, 5.41) is 17.2. The van der Waals surface area contributed by atoms with E-state index in [9.17, 15) is 10.1 Å². The predicted molar refractivity (Wildman–Crippen MR) is 103 cm³/mol. The van der Waals surface area contributed by atoms with Gasteiger partial charge >= 0.3 is 0 Å². The van der Waals surface area contributed by atoms with E-state index in [1.54, 1.807) is 18.3 Å². The molecule has 1 saturated heterocycles. The first-order valence-electron chi connectivity index (χ1n) is 8.83. The maximum absolute atomic E-state index is 10.7. The smallest absolute Gasteiger partial charge is 0.269 e. The first-order chi connectivity index (χ1) is 12.5. The number of nitro benzene ring substituents is 1. The van der Waals surface area contributed by atoms with Gasteiger partial charge < -0.3 is 0 Å². The molecule has 2 aromatic carbocycles. The van der Waals surface area contributed by atoms with Crippen molar-refractivity contribution in [2.24, 2.45) is 5.10 Å². The number of hydrogen-bond donors (Lipinski definition) is 0. The molecule has 0 atom stereocenters. The summed E-state index contributed by atoms with van der Waals surface area (Å²) in [6.45, 7) is 9.00. The molecule has 1 heterocycles. The number of non-ortho nitro benzene ring substituents is 1. The minimum Gasteiger partial charge on any atom is -0.295 e. The molecule has 0 aliphatic carbocycles. The maximum atomic E-state index is 10.7. The number of nitro groups is 1. The van der Waals surface area contributed by atoms with Crippen molar-refractivity contribution in [3.63, 3.8) is 0 Å². The fraction of sp³-hybridized carbons (Fsp3) is 0.350. The van der Waals surface area contributed by atoms with Gasteiger partial charge in [0.15, 0.2) is 0 Å². The molecule has 2 aromatic rings. The lowest BCUT2D eigenvalue weighted by molar-refractivity contribution is -0.384. The molecule has 136 valence electrons. The number of aryl methyl sites for hydroxylation is 2. The van der Waals surface area contributed by atoms with Crippen LogP contribution in [0.15, 0.2) is 47.6 Å². The molecule has 0 N–H and O–H groups in total. The van der Waals surface area contributed by atoms with Crippen molar-refractivity contribution in [2.75, 3.05) is 26.2 Å². The first-order valence-corrected chi connectivity index (χ1v) is 8.83. The second-order valence-electron chi connectivity index (χ2n) is 6.75. The molecule has 26 heavy (non-hydrogen) atoms. The topological polar surface area (TPSA) is 62.0 Å². The van der Waals surface area contributed by atoms with Crippen molar-refractivity contribution in [3.05, 3.63) is 74.8 Å². The Morgan fingerprint density at radius 3 is 2.38 bits per heavy atom. The molecule has 0 radical (unpaired) electrons. The van der Waals surface area contributed by atoms with Crippen LogP contribution in [0.25, 0.3) is 0 Å². The van der Waals surface area contributed by atoms with Gasteiger partial charge in [0.05, 0.1) is 11.1 Å². The Morgan fingerprint density at radius 2 is 1.77 bits per heavy atom. The molecule has 6 heteroatoms. The van der Waals surface area contributed by atoms with Crippen LogP contribution in [0.2, 0.25) is 0 Å². The van der Waals surface area contributed by atoms with E-state index in [0.717, 1.165) is 38.3 Å². The Morgan fingerprint density at radius 1 is 1.08 bits per heavy atom. The van der Waals surface area contributed by atoms with E-state index in [0.29, 0.717) is 0 Å². The van der Waals surface area contributed by atoms with Gasteiger partial charge in [0.25, 0.3) is 5.69 Å². The van der Waals surface area contributed by atoms with Crippen molar-refractivity contribution in [2.45, 2.75) is 20.4 Å². The van der Waals surface area contributed by atoms with E-state index >= 15 is 0 Å². The SMILES string of the molecule is Cc1ccc(CN2CCN(/N=C/c3ccc([N+](=O)[O-])cc3)CC2)c(C)c1. The standard InChI is InChI=1S/C20H24N4O2/c1-16-3-6-19(17(2)13-16)15-22-9-11-23(12-10-22)21-14-18-4-7-20(8-5-18)24(25)26/h3-8,13-14H,9-12,15H2,1-2H3/b21-14+. The predicted octanol–water partition coefficient (Wildman–Crippen LogP) is 3.36. The van der Waals surface area contributed by atoms with Crippen molar-refractivity contribution in [3.8, 4) is 0 Å². The monoisotopic (exact) mass is 352 g/mol. The summed E-state index contributed by atoms with van der Waals surface area (Å²) in [5.41, 5.74) is 5.01. The van der Waals surface area contributed by atoms with E-state index in [-0.39, 0.29) is 5.69 Å². The zero-order valence-electron chi connectivity index (χ0n) is 15.3. The molecular weight excluding hydrogens is 328 g/mol. The fourth-order valence-corrected chi connectivity index (χ4v) is 3.11. The highest BCUT2D eigenvalue weighted by molar-refractivity contribution is 5.79. The van der Waals surface area contributed by atoms with E-state index in [2.05, 4.69) is 47.1 Å². The first kappa shape index (κ1) is 18.1. The van der Waals surface area contributed by atoms with Crippen molar-refractivity contribution in [1.29, 1.82) is 0 Å². The number of rotatable bonds is 5. The molecule has 0 bridgehead atoms. The van der Waals surface area contributed by atoms with Crippen LogP contribution in [0.3, 0.4) is 0 Å². The van der Waals surface area contributed by atoms with Gasteiger partial charge in [-0.2, -0.15) is 5.10 Å². The van der Waals surface area contributed by atoms with Gasteiger partial charge in [-0.3, -0.25) is 20.0 Å². The van der Waals surface area contributed by atoms with Gasteiger partial charge in [0, 0.05) is 44.9 Å². The third kappa shape index (κ3) is 4.67. The number of piperazine rings is 1. The van der Waals surface area contributed by atoms with Crippen LogP contribution in [0.1, 0.15) is 22.3 Å². The number of benzene rings is 2. The molecule has 0 aromatic heterocycles. The average molecular weight is 352 g/mol. The van der Waals surface area contributed by atoms with Crippen LogP contribution in [-0.4, -0.2) is 47.2 Å². The second-order valence-corrected chi connectivity index (χ2v) is 6.75. The van der Waals surface area contributed by atoms with Crippen LogP contribution >= 0.6 is 0 Å². The second kappa shape index (κ2) is 8.10. The molecule has 0 amide bonds. The lowest BCUT2D eigenvalue weighted by atomic mass is 10.1. The summed E-state index contributed by atoms with van der Waals surface area (Å²) < 4.78 is 0. The normalized spacial score (nSPS) is 15.5. The molecular formula is C20H24N4O2. The van der Waals surface area contributed by atoms with Gasteiger partial charge in [-0.1, -0.05) is 23.8 Å². The van der Waals surface area contributed by atoms with Crippen LogP contribution in [0, 0.1) is 24.0 Å². The molecule has 1 aliphatic heterocycles. The lowest BCUT2D eigenvalue weighted by Gasteiger charge is -2.33. The van der Waals surface area contributed by atoms with Gasteiger partial charge in [-0.05, 0) is 42.7 Å². The van der Waals surface area contributed by atoms with Gasteiger partial charge in [0.2, 0.25) is 0 Å². The number of nitrogens with zero attached hydrogens (tertiary/aromatic N) is 4. The molecule has 0 spiro atoms. The highest BCUT2D eigenvalue weighted by Gasteiger charge is 2.16. The van der Waals surface area contributed by atoms with Crippen LogP contribution < -0.4 is 0 Å². The number of hydrazone groups is 1. The third-order valence-corrected chi connectivity index (χ3v) is 4.71. The minimum atomic E-state index is -0.393. The summed E-state index contributed by atoms with van der Waals surface area (Å²) in [7, 11) is 0. The van der Waals surface area contributed by atoms with Crippen LogP contribution in [-0.2, 0) is 6.54 Å². The van der Waals surface area contributed by atoms with Gasteiger partial charge in [0.1, 0.15) is 0 Å². The van der Waals surface area contributed by atoms with Gasteiger partial charge in [-0.15, -0.1) is 0 Å². The largest absolute Gasteiger partial charge is 0.295 e. The highest BCUT2D eigenvalue weighted by Crippen LogP contribution is 2.15. The molecule has 1 fully saturated rings. The van der Waals surface area contributed by atoms with E-state index in [1.165, 1.54) is 28.8 Å². The summed E-state index contributed by atoms with van der Waals surface area (Å²) in [4.78, 5) is 12.7. The van der Waals surface area contributed by atoms with Gasteiger partial charge in [-0.25, -0.2) is 0 Å². The van der Waals surface area contributed by atoms with Crippen LogP contribution in [0.4, 0.5) is 5.69 Å². The maximum Gasteiger partial charge on any atom is 0.269 e. The Balaban J connectivity index is 1.51. The Kier molecular flexibility index (Phi) is 5.63. The Labute approximate surface area is 153 Å². The molecule has 6 nitrogen and oxygen atoms in total. The van der Waals surface area contributed by atoms with Crippen molar-refractivity contribution >= 4 is 11.9 Å². The summed E-state index contributed by atoms with van der Waals surface area (Å²) >= 11 is 0. The summed E-state index contributed by atoms with van der Waals surface area (Å²) in [6.07, 6.45) is 1.77. The molecule has 0 unspecified atom stereocenters. The molecule has 3 rings (SSSR count). The zero-order chi connectivity index (χ0) is 18.5. The molecule has 1 aliphatic rings. The lowest BCUT2D eigenvalue weighted by Crippen LogP contribution is -2.43. The van der Waals surface area contributed by atoms with Crippen molar-refractivity contribution in [1.82, 2.24) is 9.91 Å². The zero-order valence-corrected chi connectivity index (χ0v) is 15.3. The summed E-state index contributed by atoms with van der Waals surface area (Å²) in [5.74, 6) is 0. The van der Waals surface area contributed by atoms with E-state index in [1.807, 2.05) is 0 Å². The van der Waals surface area contributed by atoms with Crippen LogP contribution in [0.5, 0.6) is 0 Å². The van der Waals surface area contributed by atoms with Crippen molar-refractivity contribution < 1.29 is 4.92 Å². The molecule has 0 saturated carbocycles. The Bertz CT molecular complexity index is 794. The highest BCUT2D eigenvalue weighted by atomic mass is 16.6. The Hall–Kier alpha value is -2.73. The quantitative estimate of drug-likeness (QED) is 0.470. The fourth-order valence-electron chi connectivity index (χ4n) is 3.11.